The van der Waals surface area contributed by atoms with Gasteiger partial charge in [0.15, 0.2) is 0 Å². The summed E-state index contributed by atoms with van der Waals surface area (Å²) in [5.41, 5.74) is 1.18. The van der Waals surface area contributed by atoms with E-state index >= 15 is 0 Å². The number of rotatable bonds is 2. The minimum Gasteiger partial charge on any atom is -0.357 e. The van der Waals surface area contributed by atoms with E-state index in [1.54, 1.807) is 6.92 Å². The second kappa shape index (κ2) is 5.81. The molecule has 0 N–H and O–H groups in total. The average Bonchev–Trinajstić information content (AvgIpc) is 3.02. The Morgan fingerprint density at radius 1 is 1.15 bits per heavy atom. The summed E-state index contributed by atoms with van der Waals surface area (Å²) in [5, 5.41) is 0. The summed E-state index contributed by atoms with van der Waals surface area (Å²) in [6.45, 7) is 4.79. The van der Waals surface area contributed by atoms with Crippen LogP contribution in [0, 0.1) is 0 Å². The van der Waals surface area contributed by atoms with Crippen molar-refractivity contribution in [1.82, 2.24) is 9.88 Å². The van der Waals surface area contributed by atoms with Gasteiger partial charge in [-0.25, -0.2) is 4.98 Å². The first-order valence-electron chi connectivity index (χ1n) is 7.74. The third-order valence-corrected chi connectivity index (χ3v) is 4.49. The van der Waals surface area contributed by atoms with E-state index in [2.05, 4.69) is 22.0 Å². The van der Waals surface area contributed by atoms with Crippen LogP contribution in [0.2, 0.25) is 0 Å². The monoisotopic (exact) mass is 273 g/mol. The van der Waals surface area contributed by atoms with Gasteiger partial charge in [0.05, 0.1) is 6.04 Å². The van der Waals surface area contributed by atoms with Gasteiger partial charge < -0.3 is 9.80 Å². The van der Waals surface area contributed by atoms with Crippen LogP contribution in [-0.2, 0) is 4.79 Å². The zero-order valence-electron chi connectivity index (χ0n) is 12.2. The summed E-state index contributed by atoms with van der Waals surface area (Å²) >= 11 is 0. The lowest BCUT2D eigenvalue weighted by Gasteiger charge is -2.35. The Morgan fingerprint density at radius 3 is 2.55 bits per heavy atom. The third-order valence-electron chi connectivity index (χ3n) is 4.49. The van der Waals surface area contributed by atoms with Crippen molar-refractivity contribution in [3.8, 4) is 0 Å². The summed E-state index contributed by atoms with van der Waals surface area (Å²) in [4.78, 5) is 20.7. The fourth-order valence-electron chi connectivity index (χ4n) is 3.38. The minimum absolute atomic E-state index is 0.179. The van der Waals surface area contributed by atoms with Gasteiger partial charge in [-0.15, -0.1) is 0 Å². The van der Waals surface area contributed by atoms with Crippen molar-refractivity contribution in [1.29, 1.82) is 0 Å². The molecule has 0 spiro atoms. The number of aromatic nitrogens is 1. The smallest absolute Gasteiger partial charge is 0.219 e. The molecule has 1 atom stereocenters. The number of anilines is 1. The van der Waals surface area contributed by atoms with Crippen LogP contribution in [0.5, 0.6) is 0 Å². The molecule has 108 valence electrons. The molecule has 4 heteroatoms. The highest BCUT2D eigenvalue weighted by Gasteiger charge is 2.26. The topological polar surface area (TPSA) is 36.4 Å². The van der Waals surface area contributed by atoms with Gasteiger partial charge in [0.2, 0.25) is 5.91 Å². The molecule has 2 fully saturated rings. The maximum atomic E-state index is 11.8. The first-order chi connectivity index (χ1) is 9.75. The van der Waals surface area contributed by atoms with Crippen LogP contribution in [0.3, 0.4) is 0 Å². The summed E-state index contributed by atoms with van der Waals surface area (Å²) in [7, 11) is 0. The number of carbonyl (C=O) groups is 1. The molecule has 1 amide bonds. The highest BCUT2D eigenvalue weighted by Crippen LogP contribution is 2.31. The van der Waals surface area contributed by atoms with Crippen molar-refractivity contribution in [2.45, 2.75) is 45.1 Å². The minimum atomic E-state index is 0.179. The van der Waals surface area contributed by atoms with Gasteiger partial charge >= 0.3 is 0 Å². The number of likely N-dealkylation sites (tertiary alicyclic amines) is 1. The van der Waals surface area contributed by atoms with E-state index < -0.39 is 0 Å². The molecule has 1 aromatic rings. The Labute approximate surface area is 120 Å². The number of amides is 1. The molecule has 2 saturated heterocycles. The van der Waals surface area contributed by atoms with Crippen molar-refractivity contribution in [3.05, 3.63) is 23.9 Å². The zero-order valence-corrected chi connectivity index (χ0v) is 12.2. The normalized spacial score (nSPS) is 23.1. The molecule has 4 nitrogen and oxygen atoms in total. The summed E-state index contributed by atoms with van der Waals surface area (Å²) < 4.78 is 0. The predicted molar refractivity (Wildman–Crippen MR) is 79.7 cm³/mol. The third kappa shape index (κ3) is 2.65. The summed E-state index contributed by atoms with van der Waals surface area (Å²) in [5.74, 6) is 1.26. The molecule has 0 saturated carbocycles. The lowest BCUT2D eigenvalue weighted by molar-refractivity contribution is -0.132. The van der Waals surface area contributed by atoms with Gasteiger partial charge in [-0.1, -0.05) is 6.07 Å². The molecule has 2 aliphatic rings. The molecule has 0 radical (unpaired) electrons. The maximum absolute atomic E-state index is 11.8. The van der Waals surface area contributed by atoms with Crippen molar-refractivity contribution in [3.63, 3.8) is 0 Å². The predicted octanol–water partition coefficient (Wildman–Crippen LogP) is 2.76. The Balaban J connectivity index is 1.77. The summed E-state index contributed by atoms with van der Waals surface area (Å²) in [6.07, 6.45) is 7.88. The highest BCUT2D eigenvalue weighted by molar-refractivity contribution is 5.74. The average molecular weight is 273 g/mol. The zero-order chi connectivity index (χ0) is 13.9. The van der Waals surface area contributed by atoms with Gasteiger partial charge in [-0.05, 0) is 43.7 Å². The Morgan fingerprint density at radius 2 is 1.90 bits per heavy atom. The molecule has 3 rings (SSSR count). The molecule has 1 aromatic heterocycles. The maximum Gasteiger partial charge on any atom is 0.219 e. The number of pyridine rings is 1. The Bertz CT molecular complexity index is 465. The second-order valence-corrected chi connectivity index (χ2v) is 5.87. The molecule has 0 aromatic carbocycles. The van der Waals surface area contributed by atoms with Crippen LogP contribution < -0.4 is 4.90 Å². The number of nitrogens with zero attached hydrogens (tertiary/aromatic N) is 3. The lowest BCUT2D eigenvalue weighted by atomic mass is 9.96. The Hall–Kier alpha value is -1.58. The largest absolute Gasteiger partial charge is 0.357 e. The van der Waals surface area contributed by atoms with Crippen molar-refractivity contribution in [2.75, 3.05) is 24.5 Å². The van der Waals surface area contributed by atoms with Gasteiger partial charge in [-0.2, -0.15) is 0 Å². The highest BCUT2D eigenvalue weighted by atomic mass is 16.2. The Kier molecular flexibility index (Phi) is 3.90. The van der Waals surface area contributed by atoms with Crippen LogP contribution >= 0.6 is 0 Å². The molecule has 20 heavy (non-hydrogen) atoms. The first kappa shape index (κ1) is 13.4. The van der Waals surface area contributed by atoms with Crippen molar-refractivity contribution < 1.29 is 4.79 Å². The second-order valence-electron chi connectivity index (χ2n) is 5.87. The number of hydrogen-bond acceptors (Lipinski definition) is 3. The van der Waals surface area contributed by atoms with Gasteiger partial charge in [0.1, 0.15) is 5.82 Å². The van der Waals surface area contributed by atoms with Crippen molar-refractivity contribution in [2.24, 2.45) is 0 Å². The standard InChI is InChI=1S/C16H23N3O/c1-13(20)19-11-3-2-6-15(19)14-7-8-16(17-12-14)18-9-4-5-10-18/h7-8,12,15H,2-6,9-11H2,1H3/t15-/m1/s1. The van der Waals surface area contributed by atoms with Gasteiger partial charge in [0.25, 0.3) is 0 Å². The quantitative estimate of drug-likeness (QED) is 0.831. The number of hydrogen-bond donors (Lipinski definition) is 0. The van der Waals surface area contributed by atoms with Crippen LogP contribution in [0.4, 0.5) is 5.82 Å². The van der Waals surface area contributed by atoms with Crippen LogP contribution in [0.1, 0.15) is 50.6 Å². The van der Waals surface area contributed by atoms with Crippen LogP contribution in [0.25, 0.3) is 0 Å². The number of carbonyl (C=O) groups excluding carboxylic acids is 1. The molecule has 0 bridgehead atoms. The van der Waals surface area contributed by atoms with E-state index in [1.807, 2.05) is 11.1 Å². The van der Waals surface area contributed by atoms with Crippen molar-refractivity contribution >= 4 is 11.7 Å². The van der Waals surface area contributed by atoms with E-state index in [1.165, 1.54) is 24.8 Å². The molecule has 0 aliphatic carbocycles. The fourth-order valence-corrected chi connectivity index (χ4v) is 3.38. The van der Waals surface area contributed by atoms with E-state index in [-0.39, 0.29) is 11.9 Å². The van der Waals surface area contributed by atoms with Crippen LogP contribution in [-0.4, -0.2) is 35.4 Å². The van der Waals surface area contributed by atoms with E-state index in [4.69, 9.17) is 0 Å². The number of piperidine rings is 1. The SMILES string of the molecule is CC(=O)N1CCCC[C@@H]1c1ccc(N2CCCC2)nc1. The molecular weight excluding hydrogens is 250 g/mol. The molecule has 3 heterocycles. The van der Waals surface area contributed by atoms with E-state index in [9.17, 15) is 4.79 Å². The van der Waals surface area contributed by atoms with E-state index in [0.717, 1.165) is 38.3 Å². The molecular formula is C16H23N3O. The fraction of sp³-hybridized carbons (Fsp3) is 0.625. The summed E-state index contributed by atoms with van der Waals surface area (Å²) in [6, 6.07) is 4.50. The van der Waals surface area contributed by atoms with Gasteiger partial charge in [-0.3, -0.25) is 4.79 Å². The molecule has 2 aliphatic heterocycles. The van der Waals surface area contributed by atoms with Crippen LogP contribution in [0.15, 0.2) is 18.3 Å². The van der Waals surface area contributed by atoms with Gasteiger partial charge in [0, 0.05) is 32.8 Å². The lowest BCUT2D eigenvalue weighted by Crippen LogP contribution is -2.37. The first-order valence-corrected chi connectivity index (χ1v) is 7.74. The molecule has 0 unspecified atom stereocenters. The van der Waals surface area contributed by atoms with E-state index in [0.29, 0.717) is 0 Å².